The maximum Gasteiger partial charge on any atom is 0.0337 e. The number of piperazine rings is 1. The molecule has 0 aromatic carbocycles. The van der Waals surface area contributed by atoms with E-state index in [2.05, 4.69) is 24.1 Å². The van der Waals surface area contributed by atoms with Crippen LogP contribution in [0.15, 0.2) is 0 Å². The first-order chi connectivity index (χ1) is 9.74. The average molecular weight is 278 g/mol. The fourth-order valence-corrected chi connectivity index (χ4v) is 5.31. The Balaban J connectivity index is 1.82. The van der Waals surface area contributed by atoms with Gasteiger partial charge in [-0.25, -0.2) is 0 Å². The lowest BCUT2D eigenvalue weighted by Gasteiger charge is -2.58. The quantitative estimate of drug-likeness (QED) is 0.836. The van der Waals surface area contributed by atoms with Gasteiger partial charge in [0, 0.05) is 30.2 Å². The lowest BCUT2D eigenvalue weighted by Crippen LogP contribution is -2.71. The molecule has 2 aliphatic carbocycles. The van der Waals surface area contributed by atoms with Crippen LogP contribution in [0.1, 0.15) is 84.5 Å². The van der Waals surface area contributed by atoms with E-state index >= 15 is 0 Å². The van der Waals surface area contributed by atoms with Crippen molar-refractivity contribution in [3.63, 3.8) is 0 Å². The van der Waals surface area contributed by atoms with Crippen LogP contribution in [0.5, 0.6) is 0 Å². The second-order valence-corrected chi connectivity index (χ2v) is 7.72. The van der Waals surface area contributed by atoms with Crippen LogP contribution in [0.2, 0.25) is 0 Å². The molecule has 2 spiro atoms. The fraction of sp³-hybridized carbons (Fsp3) is 1.00. The maximum atomic E-state index is 4.05. The second kappa shape index (κ2) is 5.96. The summed E-state index contributed by atoms with van der Waals surface area (Å²) in [5.41, 5.74) is 0.980. The summed E-state index contributed by atoms with van der Waals surface area (Å²) in [7, 11) is 0. The normalized spacial score (nSPS) is 29.6. The van der Waals surface area contributed by atoms with Gasteiger partial charge in [-0.15, -0.1) is 0 Å². The Morgan fingerprint density at radius 2 is 1.50 bits per heavy atom. The summed E-state index contributed by atoms with van der Waals surface area (Å²) < 4.78 is 0. The van der Waals surface area contributed by atoms with Crippen LogP contribution in [-0.2, 0) is 0 Å². The molecule has 0 aromatic heterocycles. The molecule has 0 unspecified atom stereocenters. The maximum absolute atomic E-state index is 4.05. The van der Waals surface area contributed by atoms with E-state index in [1.54, 1.807) is 0 Å². The number of hydrogen-bond donors (Lipinski definition) is 1. The number of hydrogen-bond acceptors (Lipinski definition) is 2. The smallest absolute Gasteiger partial charge is 0.0337 e. The van der Waals surface area contributed by atoms with Crippen LogP contribution in [0.25, 0.3) is 0 Å². The summed E-state index contributed by atoms with van der Waals surface area (Å²) in [4.78, 5) is 2.99. The van der Waals surface area contributed by atoms with Gasteiger partial charge in [0.15, 0.2) is 0 Å². The molecule has 2 saturated carbocycles. The van der Waals surface area contributed by atoms with Gasteiger partial charge in [-0.3, -0.25) is 4.90 Å². The molecule has 2 heteroatoms. The molecule has 2 nitrogen and oxygen atoms in total. The first kappa shape index (κ1) is 14.8. The van der Waals surface area contributed by atoms with Crippen molar-refractivity contribution in [1.82, 2.24) is 10.2 Å². The highest BCUT2D eigenvalue weighted by Crippen LogP contribution is 2.43. The van der Waals surface area contributed by atoms with Crippen molar-refractivity contribution < 1.29 is 0 Å². The van der Waals surface area contributed by atoms with Crippen LogP contribution in [0, 0.1) is 0 Å². The van der Waals surface area contributed by atoms with E-state index in [1.165, 1.54) is 83.7 Å². The molecule has 1 aliphatic heterocycles. The number of rotatable bonds is 3. The highest BCUT2D eigenvalue weighted by Gasteiger charge is 2.49. The molecule has 0 aromatic rings. The van der Waals surface area contributed by atoms with E-state index in [1.807, 2.05) is 0 Å². The molecule has 1 N–H and O–H groups in total. The molecule has 3 aliphatic rings. The monoisotopic (exact) mass is 278 g/mol. The molecular weight excluding hydrogens is 244 g/mol. The summed E-state index contributed by atoms with van der Waals surface area (Å²) in [6.45, 7) is 7.39. The standard InChI is InChI=1S/C18H34N2/c1-3-16(4-2)20-15-17(10-8-9-11-17)19-14-18(20)12-6-5-7-13-18/h16,19H,3-15H2,1-2H3. The lowest BCUT2D eigenvalue weighted by molar-refractivity contribution is -0.0487. The Hall–Kier alpha value is -0.0800. The van der Waals surface area contributed by atoms with Gasteiger partial charge in [0.1, 0.15) is 0 Å². The minimum atomic E-state index is 0.477. The Bertz CT molecular complexity index is 309. The van der Waals surface area contributed by atoms with Gasteiger partial charge in [0.25, 0.3) is 0 Å². The van der Waals surface area contributed by atoms with Crippen molar-refractivity contribution in [2.24, 2.45) is 0 Å². The Kier molecular flexibility index (Phi) is 4.42. The number of nitrogens with zero attached hydrogens (tertiary/aromatic N) is 1. The predicted molar refractivity (Wildman–Crippen MR) is 86.1 cm³/mol. The minimum Gasteiger partial charge on any atom is -0.308 e. The zero-order chi connectivity index (χ0) is 14.1. The summed E-state index contributed by atoms with van der Waals surface area (Å²) in [5, 5.41) is 4.05. The zero-order valence-corrected chi connectivity index (χ0v) is 13.7. The fourth-order valence-electron chi connectivity index (χ4n) is 5.31. The first-order valence-corrected chi connectivity index (χ1v) is 9.25. The second-order valence-electron chi connectivity index (χ2n) is 7.72. The summed E-state index contributed by atoms with van der Waals surface area (Å²) in [6, 6.07) is 0.813. The number of nitrogens with one attached hydrogen (secondary N) is 1. The zero-order valence-electron chi connectivity index (χ0n) is 13.7. The van der Waals surface area contributed by atoms with Crippen LogP contribution in [0.3, 0.4) is 0 Å². The van der Waals surface area contributed by atoms with Gasteiger partial charge < -0.3 is 5.32 Å². The van der Waals surface area contributed by atoms with Gasteiger partial charge in [0.2, 0.25) is 0 Å². The molecule has 3 rings (SSSR count). The Morgan fingerprint density at radius 1 is 0.900 bits per heavy atom. The van der Waals surface area contributed by atoms with Gasteiger partial charge in [-0.2, -0.15) is 0 Å². The van der Waals surface area contributed by atoms with Gasteiger partial charge in [0.05, 0.1) is 0 Å². The molecule has 0 amide bonds. The van der Waals surface area contributed by atoms with Gasteiger partial charge >= 0.3 is 0 Å². The lowest BCUT2D eigenvalue weighted by atomic mass is 9.74. The van der Waals surface area contributed by atoms with E-state index in [-0.39, 0.29) is 0 Å². The third-order valence-electron chi connectivity index (χ3n) is 6.60. The van der Waals surface area contributed by atoms with Crippen molar-refractivity contribution in [2.45, 2.75) is 102 Å². The molecule has 0 atom stereocenters. The van der Waals surface area contributed by atoms with Crippen molar-refractivity contribution in [3.05, 3.63) is 0 Å². The third kappa shape index (κ3) is 2.54. The first-order valence-electron chi connectivity index (χ1n) is 9.25. The van der Waals surface area contributed by atoms with E-state index in [0.29, 0.717) is 11.1 Å². The summed E-state index contributed by atoms with van der Waals surface area (Å²) in [5.74, 6) is 0. The molecule has 3 fully saturated rings. The minimum absolute atomic E-state index is 0.477. The van der Waals surface area contributed by atoms with Crippen LogP contribution in [0.4, 0.5) is 0 Å². The van der Waals surface area contributed by atoms with E-state index in [4.69, 9.17) is 0 Å². The highest BCUT2D eigenvalue weighted by atomic mass is 15.3. The molecule has 0 bridgehead atoms. The van der Waals surface area contributed by atoms with Gasteiger partial charge in [-0.05, 0) is 38.5 Å². The van der Waals surface area contributed by atoms with E-state index in [9.17, 15) is 0 Å². The molecule has 20 heavy (non-hydrogen) atoms. The van der Waals surface area contributed by atoms with Crippen molar-refractivity contribution in [3.8, 4) is 0 Å². The van der Waals surface area contributed by atoms with Crippen LogP contribution >= 0.6 is 0 Å². The van der Waals surface area contributed by atoms with Crippen LogP contribution < -0.4 is 5.32 Å². The predicted octanol–water partition coefficient (Wildman–Crippen LogP) is 4.10. The topological polar surface area (TPSA) is 15.3 Å². The van der Waals surface area contributed by atoms with Crippen LogP contribution in [-0.4, -0.2) is 35.1 Å². The average Bonchev–Trinajstić information content (AvgIpc) is 2.94. The largest absolute Gasteiger partial charge is 0.308 e. The molecule has 1 heterocycles. The SMILES string of the molecule is CCC(CC)N1CC2(CCCC2)NCC12CCCCC2. The van der Waals surface area contributed by atoms with Gasteiger partial charge in [-0.1, -0.05) is 46.0 Å². The van der Waals surface area contributed by atoms with Crippen molar-refractivity contribution >= 4 is 0 Å². The van der Waals surface area contributed by atoms with E-state index < -0.39 is 0 Å². The molecule has 116 valence electrons. The molecule has 1 saturated heterocycles. The van der Waals surface area contributed by atoms with E-state index in [0.717, 1.165) is 6.04 Å². The third-order valence-corrected chi connectivity index (χ3v) is 6.60. The Labute approximate surface area is 125 Å². The molecular formula is C18H34N2. The summed E-state index contributed by atoms with van der Waals surface area (Å²) >= 11 is 0. The highest BCUT2D eigenvalue weighted by molar-refractivity contribution is 5.09. The Morgan fingerprint density at radius 3 is 2.10 bits per heavy atom. The molecule has 0 radical (unpaired) electrons. The van der Waals surface area contributed by atoms with Crippen molar-refractivity contribution in [1.29, 1.82) is 0 Å². The van der Waals surface area contributed by atoms with Crippen molar-refractivity contribution in [2.75, 3.05) is 13.1 Å². The summed E-state index contributed by atoms with van der Waals surface area (Å²) in [6.07, 6.45) is 15.6.